The predicted octanol–water partition coefficient (Wildman–Crippen LogP) is 3.96. The highest BCUT2D eigenvalue weighted by Gasteiger charge is 2.16. The van der Waals surface area contributed by atoms with Crippen LogP contribution in [0.15, 0.2) is 55.1 Å². The van der Waals surface area contributed by atoms with Crippen molar-refractivity contribution < 1.29 is 4.92 Å². The minimum absolute atomic E-state index is 0.0921. The van der Waals surface area contributed by atoms with Crippen molar-refractivity contribution >= 4 is 11.3 Å². The van der Waals surface area contributed by atoms with Gasteiger partial charge in [0.25, 0.3) is 5.69 Å². The molecule has 3 heteroatoms. The van der Waals surface area contributed by atoms with Crippen molar-refractivity contribution in [3.63, 3.8) is 0 Å². The Kier molecular flexibility index (Phi) is 3.24. The number of nitro groups is 1. The minimum atomic E-state index is -0.372. The zero-order valence-corrected chi connectivity index (χ0v) is 10.1. The third-order valence-electron chi connectivity index (χ3n) is 2.80. The molecule has 2 aromatic rings. The van der Waals surface area contributed by atoms with Gasteiger partial charge in [0, 0.05) is 6.07 Å². The molecule has 0 aliphatic rings. The zero-order valence-electron chi connectivity index (χ0n) is 10.1. The van der Waals surface area contributed by atoms with E-state index in [2.05, 4.69) is 6.58 Å². The van der Waals surface area contributed by atoms with Crippen molar-refractivity contribution in [3.05, 3.63) is 81.9 Å². The van der Waals surface area contributed by atoms with E-state index in [0.717, 1.165) is 11.1 Å². The number of rotatable bonds is 3. The van der Waals surface area contributed by atoms with Crippen molar-refractivity contribution in [2.24, 2.45) is 0 Å². The van der Waals surface area contributed by atoms with E-state index >= 15 is 0 Å². The van der Waals surface area contributed by atoms with Crippen LogP contribution in [0.2, 0.25) is 0 Å². The number of nitro benzene ring substituents is 1. The predicted molar refractivity (Wildman–Crippen MR) is 72.4 cm³/mol. The molecule has 0 amide bonds. The molecule has 0 atom stereocenters. The maximum atomic E-state index is 11.0. The molecule has 2 aromatic carbocycles. The second-order valence-corrected chi connectivity index (χ2v) is 4.12. The van der Waals surface area contributed by atoms with Crippen molar-refractivity contribution in [1.29, 1.82) is 0 Å². The monoisotopic (exact) mass is 239 g/mol. The van der Waals surface area contributed by atoms with Gasteiger partial charge >= 0.3 is 0 Å². The summed E-state index contributed by atoms with van der Waals surface area (Å²) < 4.78 is 0. The fourth-order valence-electron chi connectivity index (χ4n) is 1.85. The van der Waals surface area contributed by atoms with E-state index in [1.165, 1.54) is 6.07 Å². The molecule has 0 aliphatic carbocycles. The Hall–Kier alpha value is -2.42. The molecule has 0 bridgehead atoms. The third-order valence-corrected chi connectivity index (χ3v) is 2.80. The second kappa shape index (κ2) is 4.84. The van der Waals surface area contributed by atoms with Gasteiger partial charge in [-0.1, -0.05) is 48.5 Å². The fraction of sp³-hybridized carbons (Fsp3) is 0.0667. The molecule has 0 N–H and O–H groups in total. The largest absolute Gasteiger partial charge is 0.277 e. The Morgan fingerprint density at radius 2 is 1.83 bits per heavy atom. The van der Waals surface area contributed by atoms with Gasteiger partial charge in [-0.3, -0.25) is 10.1 Å². The first-order chi connectivity index (χ1) is 8.59. The van der Waals surface area contributed by atoms with Gasteiger partial charge in [0.1, 0.15) is 0 Å². The molecule has 0 fully saturated rings. The van der Waals surface area contributed by atoms with Gasteiger partial charge < -0.3 is 0 Å². The van der Waals surface area contributed by atoms with Crippen LogP contribution in [0, 0.1) is 17.0 Å². The van der Waals surface area contributed by atoms with Gasteiger partial charge in [-0.15, -0.1) is 0 Å². The number of nitrogens with zero attached hydrogens (tertiary/aromatic N) is 1. The topological polar surface area (TPSA) is 43.1 Å². The van der Waals surface area contributed by atoms with Gasteiger partial charge in [-0.2, -0.15) is 0 Å². The molecule has 0 unspecified atom stereocenters. The number of hydrogen-bond donors (Lipinski definition) is 0. The highest BCUT2D eigenvalue weighted by molar-refractivity contribution is 5.82. The van der Waals surface area contributed by atoms with Crippen LogP contribution in [-0.2, 0) is 0 Å². The van der Waals surface area contributed by atoms with E-state index in [4.69, 9.17) is 0 Å². The normalized spacial score (nSPS) is 10.1. The molecular formula is C15H13NO2. The Balaban J connectivity index is 2.54. The summed E-state index contributed by atoms with van der Waals surface area (Å²) in [5.74, 6) is 0. The fourth-order valence-corrected chi connectivity index (χ4v) is 1.85. The Labute approximate surface area is 106 Å². The molecule has 0 spiro atoms. The maximum absolute atomic E-state index is 11.0. The van der Waals surface area contributed by atoms with E-state index in [-0.39, 0.29) is 10.6 Å². The SMILES string of the molecule is C=C(c1ccccc1)c1cc(C)ccc1[N+](=O)[O-]. The van der Waals surface area contributed by atoms with Gasteiger partial charge in [-0.05, 0) is 24.1 Å². The summed E-state index contributed by atoms with van der Waals surface area (Å²) in [6.07, 6.45) is 0. The number of benzene rings is 2. The van der Waals surface area contributed by atoms with Crippen molar-refractivity contribution in [3.8, 4) is 0 Å². The van der Waals surface area contributed by atoms with Crippen LogP contribution < -0.4 is 0 Å². The summed E-state index contributed by atoms with van der Waals surface area (Å²) in [5, 5.41) is 11.0. The van der Waals surface area contributed by atoms with Crippen LogP contribution in [0.25, 0.3) is 5.57 Å². The smallest absolute Gasteiger partial charge is 0.258 e. The summed E-state index contributed by atoms with van der Waals surface area (Å²) in [4.78, 5) is 10.7. The molecule has 0 aliphatic heterocycles. The molecule has 0 aromatic heterocycles. The van der Waals surface area contributed by atoms with Gasteiger partial charge in [-0.25, -0.2) is 0 Å². The minimum Gasteiger partial charge on any atom is -0.258 e. The van der Waals surface area contributed by atoms with E-state index in [0.29, 0.717) is 11.1 Å². The average molecular weight is 239 g/mol. The van der Waals surface area contributed by atoms with Crippen molar-refractivity contribution in [2.45, 2.75) is 6.92 Å². The molecule has 0 heterocycles. The summed E-state index contributed by atoms with van der Waals surface area (Å²) in [5.41, 5.74) is 3.21. The zero-order chi connectivity index (χ0) is 13.1. The average Bonchev–Trinajstić information content (AvgIpc) is 2.38. The molecule has 18 heavy (non-hydrogen) atoms. The maximum Gasteiger partial charge on any atom is 0.277 e. The molecule has 0 radical (unpaired) electrons. The van der Waals surface area contributed by atoms with Crippen molar-refractivity contribution in [2.75, 3.05) is 0 Å². The van der Waals surface area contributed by atoms with Gasteiger partial charge in [0.15, 0.2) is 0 Å². The number of hydrogen-bond acceptors (Lipinski definition) is 2. The molecule has 90 valence electrons. The standard InChI is InChI=1S/C15H13NO2/c1-11-8-9-15(16(17)18)14(10-11)12(2)13-6-4-3-5-7-13/h3-10H,2H2,1H3. The van der Waals surface area contributed by atoms with Crippen LogP contribution in [0.3, 0.4) is 0 Å². The molecular weight excluding hydrogens is 226 g/mol. The first-order valence-corrected chi connectivity index (χ1v) is 5.59. The second-order valence-electron chi connectivity index (χ2n) is 4.12. The summed E-state index contributed by atoms with van der Waals surface area (Å²) >= 11 is 0. The molecule has 3 nitrogen and oxygen atoms in total. The highest BCUT2D eigenvalue weighted by Crippen LogP contribution is 2.30. The Morgan fingerprint density at radius 3 is 2.44 bits per heavy atom. The molecule has 0 saturated carbocycles. The van der Waals surface area contributed by atoms with Crippen LogP contribution in [0.1, 0.15) is 16.7 Å². The van der Waals surface area contributed by atoms with Gasteiger partial charge in [0.2, 0.25) is 0 Å². The van der Waals surface area contributed by atoms with Crippen LogP contribution in [0.4, 0.5) is 5.69 Å². The molecule has 0 saturated heterocycles. The third kappa shape index (κ3) is 2.30. The lowest BCUT2D eigenvalue weighted by molar-refractivity contribution is -0.385. The lowest BCUT2D eigenvalue weighted by Crippen LogP contribution is -1.96. The van der Waals surface area contributed by atoms with Crippen LogP contribution in [0.5, 0.6) is 0 Å². The highest BCUT2D eigenvalue weighted by atomic mass is 16.6. The van der Waals surface area contributed by atoms with E-state index < -0.39 is 0 Å². The summed E-state index contributed by atoms with van der Waals surface area (Å²) in [6.45, 7) is 5.88. The Bertz CT molecular complexity index is 603. The van der Waals surface area contributed by atoms with Gasteiger partial charge in [0.05, 0.1) is 10.5 Å². The van der Waals surface area contributed by atoms with Crippen LogP contribution >= 0.6 is 0 Å². The lowest BCUT2D eigenvalue weighted by Gasteiger charge is -2.08. The Morgan fingerprint density at radius 1 is 1.17 bits per heavy atom. The first kappa shape index (κ1) is 12.0. The van der Waals surface area contributed by atoms with E-state index in [1.54, 1.807) is 12.1 Å². The van der Waals surface area contributed by atoms with E-state index in [9.17, 15) is 10.1 Å². The summed E-state index contributed by atoms with van der Waals surface area (Å²) in [7, 11) is 0. The lowest BCUT2D eigenvalue weighted by atomic mass is 9.97. The van der Waals surface area contributed by atoms with E-state index in [1.807, 2.05) is 37.3 Å². The quantitative estimate of drug-likeness (QED) is 0.601. The first-order valence-electron chi connectivity index (χ1n) is 5.59. The van der Waals surface area contributed by atoms with Crippen molar-refractivity contribution in [1.82, 2.24) is 0 Å². The molecule has 2 rings (SSSR count). The number of aryl methyl sites for hydroxylation is 1. The van der Waals surface area contributed by atoms with Crippen LogP contribution in [-0.4, -0.2) is 4.92 Å². The summed E-state index contributed by atoms with van der Waals surface area (Å²) in [6, 6.07) is 14.5.